The maximum atomic E-state index is 14.4. The van der Waals surface area contributed by atoms with Crippen LogP contribution in [-0.4, -0.2) is 51.2 Å². The number of aromatic nitrogens is 3. The van der Waals surface area contributed by atoms with Gasteiger partial charge in [0, 0.05) is 37.4 Å². The van der Waals surface area contributed by atoms with Gasteiger partial charge < -0.3 is 4.90 Å². The average molecular weight is 412 g/mol. The number of anilines is 1. The zero-order chi connectivity index (χ0) is 20.4. The molecule has 1 aromatic heterocycles. The fourth-order valence-electron chi connectivity index (χ4n) is 3.50. The van der Waals surface area contributed by atoms with Gasteiger partial charge in [0.15, 0.2) is 5.78 Å². The average Bonchev–Trinajstić information content (AvgIpc) is 3.09. The summed E-state index contributed by atoms with van der Waals surface area (Å²) in [5.41, 5.74) is 1.92. The summed E-state index contributed by atoms with van der Waals surface area (Å²) < 4.78 is 18.8. The Morgan fingerprint density at radius 3 is 2.48 bits per heavy atom. The van der Waals surface area contributed by atoms with Crippen molar-refractivity contribution in [3.8, 4) is 5.69 Å². The molecule has 1 aliphatic rings. The van der Waals surface area contributed by atoms with Crippen LogP contribution in [0.1, 0.15) is 17.3 Å². The first-order valence-electron chi connectivity index (χ1n) is 9.50. The van der Waals surface area contributed by atoms with E-state index in [1.165, 1.54) is 13.0 Å². The summed E-state index contributed by atoms with van der Waals surface area (Å²) in [6.07, 6.45) is 1.74. The summed E-state index contributed by atoms with van der Waals surface area (Å²) >= 11 is 5.58. The Morgan fingerprint density at radius 1 is 1.10 bits per heavy atom. The van der Waals surface area contributed by atoms with E-state index in [0.717, 1.165) is 18.8 Å². The van der Waals surface area contributed by atoms with Crippen LogP contribution < -0.4 is 4.90 Å². The monoisotopic (exact) mass is 411 g/mol. The second-order valence-corrected chi connectivity index (χ2v) is 7.45. The molecular weight excluding hydrogens is 389 g/mol. The van der Waals surface area contributed by atoms with Crippen molar-refractivity contribution in [3.63, 3.8) is 0 Å². The number of benzene rings is 2. The summed E-state index contributed by atoms with van der Waals surface area (Å²) in [7, 11) is 0. The zero-order valence-electron chi connectivity index (χ0n) is 16.2. The first kappa shape index (κ1) is 19.5. The standard InChI is InChI=1S/C21H22FN5OS/c1-16(28)17-7-8-20(19(22)13-17)25-11-9-24(10-12-25)15-27-21(29)26(14-23-27)18-5-3-2-4-6-18/h2-8,13-14H,9-12,15H2,1H3. The summed E-state index contributed by atoms with van der Waals surface area (Å²) in [6.45, 7) is 4.98. The third-order valence-electron chi connectivity index (χ3n) is 5.17. The minimum Gasteiger partial charge on any atom is -0.367 e. The number of halogens is 1. The molecule has 6 nitrogen and oxygen atoms in total. The second kappa shape index (κ2) is 8.26. The highest BCUT2D eigenvalue weighted by atomic mass is 32.1. The van der Waals surface area contributed by atoms with Crippen LogP contribution in [0, 0.1) is 10.6 Å². The Morgan fingerprint density at radius 2 is 1.83 bits per heavy atom. The van der Waals surface area contributed by atoms with E-state index in [2.05, 4.69) is 10.00 Å². The summed E-state index contributed by atoms with van der Waals surface area (Å²) in [5.74, 6) is -0.484. The highest BCUT2D eigenvalue weighted by Crippen LogP contribution is 2.22. The second-order valence-electron chi connectivity index (χ2n) is 7.09. The number of para-hydroxylation sites is 1. The molecule has 0 bridgehead atoms. The molecule has 0 radical (unpaired) electrons. The summed E-state index contributed by atoms with van der Waals surface area (Å²) in [4.78, 5) is 15.7. The Kier molecular flexibility index (Phi) is 5.55. The number of piperazine rings is 1. The molecule has 0 unspecified atom stereocenters. The number of Topliss-reactive ketones (excluding diaryl/α,β-unsaturated/α-hetero) is 1. The molecule has 4 rings (SSSR count). The third kappa shape index (κ3) is 4.13. The highest BCUT2D eigenvalue weighted by Gasteiger charge is 2.21. The Hall–Kier alpha value is -2.84. The van der Waals surface area contributed by atoms with Gasteiger partial charge in [0.1, 0.15) is 12.1 Å². The molecule has 29 heavy (non-hydrogen) atoms. The van der Waals surface area contributed by atoms with Gasteiger partial charge in [-0.3, -0.25) is 14.3 Å². The molecule has 2 aromatic carbocycles. The smallest absolute Gasteiger partial charge is 0.203 e. The number of ketones is 1. The topological polar surface area (TPSA) is 46.3 Å². The lowest BCUT2D eigenvalue weighted by Gasteiger charge is -2.36. The number of rotatable bonds is 5. The molecule has 2 heterocycles. The number of carbonyl (C=O) groups excluding carboxylic acids is 1. The van der Waals surface area contributed by atoms with E-state index in [0.29, 0.717) is 35.8 Å². The molecule has 0 aliphatic carbocycles. The van der Waals surface area contributed by atoms with Gasteiger partial charge in [0.25, 0.3) is 0 Å². The lowest BCUT2D eigenvalue weighted by molar-refractivity contribution is 0.101. The third-order valence-corrected chi connectivity index (χ3v) is 5.58. The number of hydrogen-bond acceptors (Lipinski definition) is 5. The van der Waals surface area contributed by atoms with Gasteiger partial charge in [0.2, 0.25) is 4.77 Å². The fraction of sp³-hybridized carbons (Fsp3) is 0.286. The predicted molar refractivity (Wildman–Crippen MR) is 113 cm³/mol. The molecule has 1 saturated heterocycles. The van der Waals surface area contributed by atoms with Crippen molar-refractivity contribution in [1.82, 2.24) is 19.2 Å². The molecule has 1 fully saturated rings. The molecule has 1 aliphatic heterocycles. The number of hydrogen-bond donors (Lipinski definition) is 0. The van der Waals surface area contributed by atoms with Gasteiger partial charge in [0.05, 0.1) is 12.4 Å². The lowest BCUT2D eigenvalue weighted by atomic mass is 10.1. The van der Waals surface area contributed by atoms with Crippen LogP contribution in [0.15, 0.2) is 54.9 Å². The molecule has 0 amide bonds. The van der Waals surface area contributed by atoms with Crippen LogP contribution in [0.5, 0.6) is 0 Å². The van der Waals surface area contributed by atoms with Gasteiger partial charge in [-0.05, 0) is 49.5 Å². The normalized spacial score (nSPS) is 14.9. The van der Waals surface area contributed by atoms with E-state index < -0.39 is 0 Å². The van der Waals surface area contributed by atoms with Crippen LogP contribution in [0.25, 0.3) is 5.69 Å². The van der Waals surface area contributed by atoms with E-state index >= 15 is 0 Å². The van der Waals surface area contributed by atoms with Crippen LogP contribution >= 0.6 is 12.2 Å². The van der Waals surface area contributed by atoms with Crippen molar-refractivity contribution < 1.29 is 9.18 Å². The van der Waals surface area contributed by atoms with Crippen LogP contribution in [0.2, 0.25) is 0 Å². The highest BCUT2D eigenvalue weighted by molar-refractivity contribution is 7.71. The Bertz CT molecular complexity index is 1070. The minimum absolute atomic E-state index is 0.132. The Balaban J connectivity index is 1.40. The molecule has 8 heteroatoms. The van der Waals surface area contributed by atoms with Crippen molar-refractivity contribution >= 4 is 23.7 Å². The lowest BCUT2D eigenvalue weighted by Crippen LogP contribution is -2.47. The molecule has 150 valence electrons. The van der Waals surface area contributed by atoms with Gasteiger partial charge in [-0.15, -0.1) is 0 Å². The number of nitrogens with zero attached hydrogens (tertiary/aromatic N) is 5. The first-order valence-corrected chi connectivity index (χ1v) is 9.91. The predicted octanol–water partition coefficient (Wildman–Crippen LogP) is 3.52. The van der Waals surface area contributed by atoms with E-state index in [1.807, 2.05) is 39.8 Å². The van der Waals surface area contributed by atoms with E-state index in [9.17, 15) is 9.18 Å². The van der Waals surface area contributed by atoms with Crippen molar-refractivity contribution in [2.24, 2.45) is 0 Å². The van der Waals surface area contributed by atoms with Crippen molar-refractivity contribution in [2.45, 2.75) is 13.6 Å². The zero-order valence-corrected chi connectivity index (χ0v) is 17.0. The van der Waals surface area contributed by atoms with Crippen LogP contribution in [0.4, 0.5) is 10.1 Å². The largest absolute Gasteiger partial charge is 0.367 e. The quantitative estimate of drug-likeness (QED) is 0.475. The van der Waals surface area contributed by atoms with Gasteiger partial charge in [-0.2, -0.15) is 5.10 Å². The van der Waals surface area contributed by atoms with E-state index in [4.69, 9.17) is 12.2 Å². The molecule has 3 aromatic rings. The fourth-order valence-corrected chi connectivity index (χ4v) is 3.76. The first-order chi connectivity index (χ1) is 14.0. The molecule has 0 N–H and O–H groups in total. The molecule has 0 atom stereocenters. The summed E-state index contributed by atoms with van der Waals surface area (Å²) in [6, 6.07) is 14.6. The van der Waals surface area contributed by atoms with Crippen LogP contribution in [-0.2, 0) is 6.67 Å². The van der Waals surface area contributed by atoms with Gasteiger partial charge >= 0.3 is 0 Å². The van der Waals surface area contributed by atoms with Gasteiger partial charge in [-0.1, -0.05) is 18.2 Å². The minimum atomic E-state index is -0.352. The maximum absolute atomic E-state index is 14.4. The number of carbonyl (C=O) groups is 1. The van der Waals surface area contributed by atoms with Crippen molar-refractivity contribution in [1.29, 1.82) is 0 Å². The summed E-state index contributed by atoms with van der Waals surface area (Å²) in [5, 5.41) is 4.43. The molecule has 0 saturated carbocycles. The van der Waals surface area contributed by atoms with Crippen molar-refractivity contribution in [2.75, 3.05) is 31.1 Å². The Labute approximate surface area is 173 Å². The molecule has 0 spiro atoms. The van der Waals surface area contributed by atoms with E-state index in [1.54, 1.807) is 23.1 Å². The van der Waals surface area contributed by atoms with Gasteiger partial charge in [-0.25, -0.2) is 9.07 Å². The van der Waals surface area contributed by atoms with E-state index in [-0.39, 0.29) is 11.6 Å². The van der Waals surface area contributed by atoms with Crippen LogP contribution in [0.3, 0.4) is 0 Å². The van der Waals surface area contributed by atoms with Crippen molar-refractivity contribution in [3.05, 3.63) is 71.0 Å². The molecular formula is C21H22FN5OS. The maximum Gasteiger partial charge on any atom is 0.203 e. The SMILES string of the molecule is CC(=O)c1ccc(N2CCN(Cn3ncn(-c4ccccc4)c3=S)CC2)c(F)c1.